The minimum Gasteiger partial charge on any atom is -0.870 e. The van der Waals surface area contributed by atoms with Crippen molar-refractivity contribution in [1.29, 1.82) is 0 Å². The molecule has 0 bridgehead atoms. The summed E-state index contributed by atoms with van der Waals surface area (Å²) in [7, 11) is 0. The second-order valence-electron chi connectivity index (χ2n) is 7.92. The van der Waals surface area contributed by atoms with Gasteiger partial charge in [0, 0.05) is 25.5 Å². The van der Waals surface area contributed by atoms with Gasteiger partial charge in [-0.25, -0.2) is 0 Å². The molecule has 2 aromatic carbocycles. The Kier molecular flexibility index (Phi) is 12.6. The van der Waals surface area contributed by atoms with E-state index in [1.165, 1.54) is 23.3 Å². The molecule has 0 aliphatic heterocycles. The van der Waals surface area contributed by atoms with Crippen LogP contribution in [-0.4, -0.2) is 9.13 Å². The van der Waals surface area contributed by atoms with Gasteiger partial charge in [-0.1, -0.05) is 109 Å². The van der Waals surface area contributed by atoms with Crippen LogP contribution < -0.4 is 10.2 Å². The van der Waals surface area contributed by atoms with Gasteiger partial charge < -0.3 is 19.3 Å². The van der Waals surface area contributed by atoms with Crippen molar-refractivity contribution < 1.29 is 29.7 Å². The third kappa shape index (κ3) is 9.52. The van der Waals surface area contributed by atoms with Gasteiger partial charge in [0.2, 0.25) is 0 Å². The SMILES string of the molecule is [O-]c1cccn(CCCc2ccccc2)c1=S.[O-]c1cccn(CCCc2ccccc2)c1=S.[Zn+2]. The smallest absolute Gasteiger partial charge is 0.870 e. The van der Waals surface area contributed by atoms with Gasteiger partial charge in [0.15, 0.2) is 0 Å². The third-order valence-corrected chi connectivity index (χ3v) is 6.26. The van der Waals surface area contributed by atoms with E-state index in [2.05, 4.69) is 24.3 Å². The van der Waals surface area contributed by atoms with Crippen molar-refractivity contribution in [3.8, 4) is 11.5 Å². The molecule has 176 valence electrons. The molecule has 0 aliphatic carbocycles. The molecule has 0 aliphatic rings. The van der Waals surface area contributed by atoms with Crippen LogP contribution in [0.15, 0.2) is 97.3 Å². The van der Waals surface area contributed by atoms with Crippen molar-refractivity contribution in [2.75, 3.05) is 0 Å². The second-order valence-corrected chi connectivity index (χ2v) is 8.69. The van der Waals surface area contributed by atoms with Gasteiger partial charge in [0.05, 0.1) is 9.28 Å². The number of aryl methyl sites for hydroxylation is 4. The van der Waals surface area contributed by atoms with Crippen molar-refractivity contribution in [2.45, 2.75) is 38.8 Å². The monoisotopic (exact) mass is 552 g/mol. The van der Waals surface area contributed by atoms with Crippen LogP contribution in [0, 0.1) is 9.28 Å². The van der Waals surface area contributed by atoms with E-state index in [4.69, 9.17) is 24.4 Å². The predicted molar refractivity (Wildman–Crippen MR) is 139 cm³/mol. The number of rotatable bonds is 8. The van der Waals surface area contributed by atoms with Gasteiger partial charge >= 0.3 is 19.5 Å². The minimum absolute atomic E-state index is 0. The minimum atomic E-state index is -0.0674. The molecule has 0 saturated carbocycles. The molecule has 4 rings (SSSR count). The summed E-state index contributed by atoms with van der Waals surface area (Å²) in [4.78, 5) is 0. The zero-order valence-corrected chi connectivity index (χ0v) is 24.3. The molecule has 0 radical (unpaired) electrons. The van der Waals surface area contributed by atoms with E-state index in [9.17, 15) is 10.2 Å². The zero-order valence-electron chi connectivity index (χ0n) is 19.7. The van der Waals surface area contributed by atoms with Crippen molar-refractivity contribution >= 4 is 24.4 Å². The fraction of sp³-hybridized carbons (Fsp3) is 0.214. The molecular formula is C28H28N2O2S2Zn. The Morgan fingerprint density at radius 3 is 1.29 bits per heavy atom. The Morgan fingerprint density at radius 1 is 0.543 bits per heavy atom. The molecule has 2 heterocycles. The third-order valence-electron chi connectivity index (χ3n) is 5.39. The normalized spacial score (nSPS) is 10.1. The maximum Gasteiger partial charge on any atom is 2.00 e. The first-order valence-electron chi connectivity index (χ1n) is 11.4. The van der Waals surface area contributed by atoms with E-state index in [0.717, 1.165) is 38.8 Å². The van der Waals surface area contributed by atoms with Crippen LogP contribution in [0.5, 0.6) is 11.5 Å². The van der Waals surface area contributed by atoms with Crippen molar-refractivity contribution in [3.05, 3.63) is 118 Å². The molecule has 2 aromatic heterocycles. The Hall–Kier alpha value is -2.60. The molecule has 0 amide bonds. The van der Waals surface area contributed by atoms with Crippen LogP contribution in [0.3, 0.4) is 0 Å². The molecule has 0 spiro atoms. The largest absolute Gasteiger partial charge is 2.00 e. The van der Waals surface area contributed by atoms with Gasteiger partial charge in [-0.2, -0.15) is 0 Å². The van der Waals surface area contributed by atoms with Crippen LogP contribution >= 0.6 is 24.4 Å². The van der Waals surface area contributed by atoms with Gasteiger partial charge in [-0.15, -0.1) is 0 Å². The van der Waals surface area contributed by atoms with Crippen LogP contribution in [-0.2, 0) is 45.4 Å². The molecule has 0 N–H and O–H groups in total. The van der Waals surface area contributed by atoms with Gasteiger partial charge in [-0.3, -0.25) is 0 Å². The molecule has 0 saturated heterocycles. The first kappa shape index (κ1) is 28.6. The van der Waals surface area contributed by atoms with Crippen molar-refractivity contribution in [2.24, 2.45) is 0 Å². The van der Waals surface area contributed by atoms with E-state index < -0.39 is 0 Å². The second kappa shape index (κ2) is 15.4. The number of hydrogen-bond acceptors (Lipinski definition) is 4. The van der Waals surface area contributed by atoms with E-state index >= 15 is 0 Å². The van der Waals surface area contributed by atoms with Gasteiger partial charge in [0.1, 0.15) is 0 Å². The summed E-state index contributed by atoms with van der Waals surface area (Å²) in [5, 5.41) is 22.7. The van der Waals surface area contributed by atoms with Gasteiger partial charge in [0.25, 0.3) is 0 Å². The first-order chi connectivity index (χ1) is 16.5. The van der Waals surface area contributed by atoms with Crippen molar-refractivity contribution in [1.82, 2.24) is 9.13 Å². The molecule has 7 heteroatoms. The molecule has 35 heavy (non-hydrogen) atoms. The maximum absolute atomic E-state index is 11.3. The molecule has 0 atom stereocenters. The Bertz CT molecular complexity index is 1170. The first-order valence-corrected chi connectivity index (χ1v) is 12.2. The fourth-order valence-corrected chi connectivity index (χ4v) is 4.02. The summed E-state index contributed by atoms with van der Waals surface area (Å²) >= 11 is 10.1. The van der Waals surface area contributed by atoms with E-state index in [-0.39, 0.29) is 31.0 Å². The Morgan fingerprint density at radius 2 is 0.914 bits per heavy atom. The summed E-state index contributed by atoms with van der Waals surface area (Å²) in [6, 6.07) is 27.2. The van der Waals surface area contributed by atoms with Crippen LogP contribution in [0.1, 0.15) is 24.0 Å². The predicted octanol–water partition coefficient (Wildman–Crippen LogP) is 5.85. The average molecular weight is 554 g/mol. The number of aromatic nitrogens is 2. The molecule has 4 aromatic rings. The Labute approximate surface area is 230 Å². The molecule has 4 nitrogen and oxygen atoms in total. The number of pyridine rings is 2. The number of nitrogens with zero attached hydrogens (tertiary/aromatic N) is 2. The molecule has 0 unspecified atom stereocenters. The Balaban J connectivity index is 0.000000240. The summed E-state index contributed by atoms with van der Waals surface area (Å²) < 4.78 is 4.50. The molecular weight excluding hydrogens is 526 g/mol. The van der Waals surface area contributed by atoms with E-state index in [1.807, 2.05) is 57.9 Å². The fourth-order valence-electron chi connectivity index (χ4n) is 3.58. The average Bonchev–Trinajstić information content (AvgIpc) is 2.86. The summed E-state index contributed by atoms with van der Waals surface area (Å²) in [5.41, 5.74) is 2.63. The topological polar surface area (TPSA) is 56.0 Å². The van der Waals surface area contributed by atoms with Crippen LogP contribution in [0.4, 0.5) is 0 Å². The van der Waals surface area contributed by atoms with E-state index in [1.54, 1.807) is 12.1 Å². The van der Waals surface area contributed by atoms with E-state index in [0.29, 0.717) is 9.28 Å². The van der Waals surface area contributed by atoms with Crippen LogP contribution in [0.2, 0.25) is 0 Å². The zero-order chi connectivity index (χ0) is 24.2. The quantitative estimate of drug-likeness (QED) is 0.203. The summed E-state index contributed by atoms with van der Waals surface area (Å²) in [6.45, 7) is 1.59. The number of benzene rings is 2. The summed E-state index contributed by atoms with van der Waals surface area (Å²) in [5.74, 6) is -0.135. The maximum atomic E-state index is 11.3. The van der Waals surface area contributed by atoms with Gasteiger partial charge in [-0.05, 0) is 48.9 Å². The van der Waals surface area contributed by atoms with Crippen molar-refractivity contribution in [3.63, 3.8) is 0 Å². The summed E-state index contributed by atoms with van der Waals surface area (Å²) in [6.07, 6.45) is 7.73. The number of hydrogen-bond donors (Lipinski definition) is 0. The molecule has 0 fully saturated rings. The van der Waals surface area contributed by atoms with Crippen LogP contribution in [0.25, 0.3) is 0 Å². The standard InChI is InChI=1S/2C14H15NOS.Zn/c2*16-13-9-5-11-15(14(13)17)10-4-8-12-6-2-1-3-7-12;/h2*1-3,5-7,9,11,16H,4,8,10H2;/q;;+2/p-2.